The summed E-state index contributed by atoms with van der Waals surface area (Å²) in [4.78, 5) is 34.9. The number of amides is 1. The van der Waals surface area contributed by atoms with Crippen molar-refractivity contribution in [3.05, 3.63) is 29.8 Å². The molecule has 1 fully saturated rings. The molecule has 0 aliphatic heterocycles. The Morgan fingerprint density at radius 2 is 1.92 bits per heavy atom. The lowest BCUT2D eigenvalue weighted by Crippen LogP contribution is -2.43. The lowest BCUT2D eigenvalue weighted by Gasteiger charge is -2.29. The molecule has 1 aromatic carbocycles. The molecular weight excluding hydrogens is 322 g/mol. The van der Waals surface area contributed by atoms with Crippen LogP contribution in [-0.2, 0) is 14.3 Å². The number of benzene rings is 1. The molecule has 2 rings (SSSR count). The van der Waals surface area contributed by atoms with E-state index in [1.165, 1.54) is 13.3 Å². The molecular formula is C19H25NO5. The number of ketones is 1. The fourth-order valence-corrected chi connectivity index (χ4v) is 2.91. The largest absolute Gasteiger partial charge is 0.482 e. The van der Waals surface area contributed by atoms with E-state index in [0.717, 1.165) is 19.3 Å². The summed E-state index contributed by atoms with van der Waals surface area (Å²) in [7, 11) is 0. The smallest absolute Gasteiger partial charge is 0.344 e. The van der Waals surface area contributed by atoms with Crippen molar-refractivity contribution >= 4 is 17.7 Å². The molecule has 1 N–H and O–H groups in total. The van der Waals surface area contributed by atoms with Crippen LogP contribution >= 0.6 is 0 Å². The summed E-state index contributed by atoms with van der Waals surface area (Å²) in [6.45, 7) is 2.96. The Bertz CT molecular complexity index is 628. The second-order valence-corrected chi connectivity index (χ2v) is 6.47. The fourth-order valence-electron chi connectivity index (χ4n) is 2.91. The van der Waals surface area contributed by atoms with Crippen LogP contribution in [0.15, 0.2) is 24.3 Å². The van der Waals surface area contributed by atoms with Crippen molar-refractivity contribution in [1.29, 1.82) is 0 Å². The highest BCUT2D eigenvalue weighted by Gasteiger charge is 2.23. The quantitative estimate of drug-likeness (QED) is 0.605. The minimum atomic E-state index is -0.625. The first kappa shape index (κ1) is 19.0. The molecule has 2 atom stereocenters. The normalized spacial score (nSPS) is 19.8. The zero-order valence-corrected chi connectivity index (χ0v) is 14.7. The minimum Gasteiger partial charge on any atom is -0.482 e. The molecule has 1 aliphatic carbocycles. The predicted molar refractivity (Wildman–Crippen MR) is 92.5 cm³/mol. The van der Waals surface area contributed by atoms with E-state index >= 15 is 0 Å². The summed E-state index contributed by atoms with van der Waals surface area (Å²) < 4.78 is 10.2. The number of rotatable bonds is 7. The summed E-state index contributed by atoms with van der Waals surface area (Å²) in [5, 5.41) is 2.92. The van der Waals surface area contributed by atoms with Crippen molar-refractivity contribution in [3.63, 3.8) is 0 Å². The highest BCUT2D eigenvalue weighted by molar-refractivity contribution is 5.94. The van der Waals surface area contributed by atoms with Gasteiger partial charge in [-0.25, -0.2) is 4.79 Å². The highest BCUT2D eigenvalue weighted by atomic mass is 16.6. The first-order chi connectivity index (χ1) is 12.0. The van der Waals surface area contributed by atoms with Crippen molar-refractivity contribution in [1.82, 2.24) is 5.32 Å². The highest BCUT2D eigenvalue weighted by Crippen LogP contribution is 2.23. The van der Waals surface area contributed by atoms with Gasteiger partial charge in [0.25, 0.3) is 5.91 Å². The van der Waals surface area contributed by atoms with Crippen LogP contribution in [0.5, 0.6) is 5.75 Å². The van der Waals surface area contributed by atoms with E-state index in [-0.39, 0.29) is 30.9 Å². The number of nitrogens with one attached hydrogen (secondary N) is 1. The second-order valence-electron chi connectivity index (χ2n) is 6.47. The molecule has 1 amide bonds. The van der Waals surface area contributed by atoms with E-state index in [1.807, 2.05) is 0 Å². The molecule has 25 heavy (non-hydrogen) atoms. The number of ether oxygens (including phenoxy) is 2. The SMILES string of the molecule is CC(=O)c1cccc(OCC(=O)OCC(=O)N[C@@H]2CCCC[C@H]2C)c1. The molecule has 0 bridgehead atoms. The molecule has 0 spiro atoms. The van der Waals surface area contributed by atoms with Gasteiger partial charge >= 0.3 is 5.97 Å². The van der Waals surface area contributed by atoms with E-state index in [2.05, 4.69) is 12.2 Å². The van der Waals surface area contributed by atoms with Crippen LogP contribution in [0.1, 0.15) is 49.9 Å². The van der Waals surface area contributed by atoms with Gasteiger partial charge in [-0.15, -0.1) is 0 Å². The number of esters is 1. The van der Waals surface area contributed by atoms with Gasteiger partial charge in [0, 0.05) is 11.6 Å². The van der Waals surface area contributed by atoms with E-state index < -0.39 is 5.97 Å². The van der Waals surface area contributed by atoms with Gasteiger partial charge in [0.1, 0.15) is 5.75 Å². The van der Waals surface area contributed by atoms with Gasteiger partial charge in [-0.05, 0) is 37.8 Å². The monoisotopic (exact) mass is 347 g/mol. The Balaban J connectivity index is 1.70. The van der Waals surface area contributed by atoms with Gasteiger partial charge in [0.15, 0.2) is 19.0 Å². The van der Waals surface area contributed by atoms with Crippen LogP contribution in [0, 0.1) is 5.92 Å². The van der Waals surface area contributed by atoms with E-state index in [1.54, 1.807) is 24.3 Å². The van der Waals surface area contributed by atoms with Crippen molar-refractivity contribution < 1.29 is 23.9 Å². The Hall–Kier alpha value is -2.37. The first-order valence-electron chi connectivity index (χ1n) is 8.64. The number of hydrogen-bond acceptors (Lipinski definition) is 5. The molecule has 136 valence electrons. The fraction of sp³-hybridized carbons (Fsp3) is 0.526. The third kappa shape index (κ3) is 6.21. The summed E-state index contributed by atoms with van der Waals surface area (Å²) in [5.74, 6) is -0.136. The standard InChI is InChI=1S/C19H25NO5/c1-13-6-3-4-9-17(13)20-18(22)11-25-19(23)12-24-16-8-5-7-15(10-16)14(2)21/h5,7-8,10,13,17H,3-4,6,9,11-12H2,1-2H3,(H,20,22)/t13-,17-/m1/s1. The molecule has 6 nitrogen and oxygen atoms in total. The van der Waals surface area contributed by atoms with Crippen molar-refractivity contribution in [2.45, 2.75) is 45.6 Å². The average molecular weight is 347 g/mol. The molecule has 0 aromatic heterocycles. The molecule has 0 saturated heterocycles. The second kappa shape index (κ2) is 9.20. The molecule has 6 heteroatoms. The molecule has 1 saturated carbocycles. The number of carbonyl (C=O) groups is 3. The Kier molecular flexibility index (Phi) is 6.98. The average Bonchev–Trinajstić information content (AvgIpc) is 2.60. The summed E-state index contributed by atoms with van der Waals surface area (Å²) >= 11 is 0. The first-order valence-corrected chi connectivity index (χ1v) is 8.64. The zero-order chi connectivity index (χ0) is 18.2. The van der Waals surface area contributed by atoms with Gasteiger partial charge < -0.3 is 14.8 Å². The van der Waals surface area contributed by atoms with Gasteiger partial charge in [-0.1, -0.05) is 31.9 Å². The topological polar surface area (TPSA) is 81.7 Å². The van der Waals surface area contributed by atoms with Gasteiger partial charge in [0.05, 0.1) is 0 Å². The van der Waals surface area contributed by atoms with Crippen LogP contribution in [-0.4, -0.2) is 36.9 Å². The molecule has 1 aliphatic rings. The summed E-state index contributed by atoms with van der Waals surface area (Å²) in [5.41, 5.74) is 0.506. The summed E-state index contributed by atoms with van der Waals surface area (Å²) in [6, 6.07) is 6.72. The number of hydrogen-bond donors (Lipinski definition) is 1. The van der Waals surface area contributed by atoms with Gasteiger partial charge in [-0.3, -0.25) is 9.59 Å². The van der Waals surface area contributed by atoms with Crippen LogP contribution in [0.2, 0.25) is 0 Å². The van der Waals surface area contributed by atoms with E-state index in [4.69, 9.17) is 9.47 Å². The zero-order valence-electron chi connectivity index (χ0n) is 14.7. The maximum Gasteiger partial charge on any atom is 0.344 e. The molecule has 0 unspecified atom stereocenters. The predicted octanol–water partition coefficient (Wildman–Crippen LogP) is 2.51. The lowest BCUT2D eigenvalue weighted by atomic mass is 9.86. The van der Waals surface area contributed by atoms with Crippen molar-refractivity contribution in [3.8, 4) is 5.75 Å². The Morgan fingerprint density at radius 1 is 1.16 bits per heavy atom. The Labute approximate surface area is 147 Å². The molecule has 0 heterocycles. The van der Waals surface area contributed by atoms with Crippen molar-refractivity contribution in [2.24, 2.45) is 5.92 Å². The van der Waals surface area contributed by atoms with Gasteiger partial charge in [0.2, 0.25) is 0 Å². The third-order valence-corrected chi connectivity index (χ3v) is 4.42. The van der Waals surface area contributed by atoms with Gasteiger partial charge in [-0.2, -0.15) is 0 Å². The minimum absolute atomic E-state index is 0.0818. The van der Waals surface area contributed by atoms with Crippen LogP contribution < -0.4 is 10.1 Å². The third-order valence-electron chi connectivity index (χ3n) is 4.42. The van der Waals surface area contributed by atoms with Crippen molar-refractivity contribution in [2.75, 3.05) is 13.2 Å². The van der Waals surface area contributed by atoms with E-state index in [0.29, 0.717) is 17.2 Å². The van der Waals surface area contributed by atoms with Crippen LogP contribution in [0.4, 0.5) is 0 Å². The van der Waals surface area contributed by atoms with Crippen LogP contribution in [0.25, 0.3) is 0 Å². The Morgan fingerprint density at radius 3 is 2.64 bits per heavy atom. The summed E-state index contributed by atoms with van der Waals surface area (Å²) in [6.07, 6.45) is 4.39. The van der Waals surface area contributed by atoms with E-state index in [9.17, 15) is 14.4 Å². The maximum atomic E-state index is 11.9. The maximum absolute atomic E-state index is 11.9. The number of carbonyl (C=O) groups excluding carboxylic acids is 3. The molecule has 1 aromatic rings. The lowest BCUT2D eigenvalue weighted by molar-refractivity contribution is -0.150. The van der Waals surface area contributed by atoms with Crippen LogP contribution in [0.3, 0.4) is 0 Å². The number of Topliss-reactive ketones (excluding diaryl/α,β-unsaturated/α-hetero) is 1. The molecule has 0 radical (unpaired) electrons.